The molecule has 0 saturated heterocycles. The first-order valence-corrected chi connectivity index (χ1v) is 8.32. The van der Waals surface area contributed by atoms with E-state index >= 15 is 0 Å². The van der Waals surface area contributed by atoms with Gasteiger partial charge in [0, 0.05) is 12.5 Å². The lowest BCUT2D eigenvalue weighted by atomic mass is 10.0. The number of rotatable bonds is 7. The Hall–Kier alpha value is -2.39. The lowest BCUT2D eigenvalue weighted by Gasteiger charge is -2.17. The van der Waals surface area contributed by atoms with Gasteiger partial charge in [-0.3, -0.25) is 5.43 Å². The van der Waals surface area contributed by atoms with E-state index in [2.05, 4.69) is 79.8 Å². The summed E-state index contributed by atoms with van der Waals surface area (Å²) in [7, 11) is 4.17. The Labute approximate surface area is 145 Å². The Kier molecular flexibility index (Phi) is 6.76. The standard InChI is InChI=1S/C21H27N3/c1-17-10-12-19(13-11-17)14-15-21(18(2)16-24(3)4)23-22-20-8-6-5-7-9-20/h5-15,18,22H,16H2,1-4H3/b15-14+,23-21-. The molecule has 1 unspecified atom stereocenters. The molecule has 0 aliphatic carbocycles. The van der Waals surface area contributed by atoms with Crippen LogP contribution in [-0.4, -0.2) is 31.3 Å². The van der Waals surface area contributed by atoms with Gasteiger partial charge in [0.25, 0.3) is 0 Å². The molecule has 0 aromatic heterocycles. The molecule has 0 radical (unpaired) electrons. The molecule has 0 aliphatic heterocycles. The van der Waals surface area contributed by atoms with E-state index in [0.717, 1.165) is 17.9 Å². The van der Waals surface area contributed by atoms with Crippen LogP contribution in [0.3, 0.4) is 0 Å². The van der Waals surface area contributed by atoms with Gasteiger partial charge in [0.2, 0.25) is 0 Å². The number of nitrogens with zero attached hydrogens (tertiary/aromatic N) is 2. The number of hydrazone groups is 1. The topological polar surface area (TPSA) is 27.6 Å². The second-order valence-corrected chi connectivity index (χ2v) is 6.42. The smallest absolute Gasteiger partial charge is 0.0648 e. The second-order valence-electron chi connectivity index (χ2n) is 6.42. The average molecular weight is 321 g/mol. The summed E-state index contributed by atoms with van der Waals surface area (Å²) in [6, 6.07) is 18.6. The first-order chi connectivity index (χ1) is 11.5. The third-order valence-corrected chi connectivity index (χ3v) is 3.76. The largest absolute Gasteiger partial charge is 0.309 e. The van der Waals surface area contributed by atoms with Gasteiger partial charge < -0.3 is 4.90 Å². The number of allylic oxidation sites excluding steroid dienone is 1. The molecule has 0 spiro atoms. The van der Waals surface area contributed by atoms with Crippen LogP contribution in [0.4, 0.5) is 5.69 Å². The highest BCUT2D eigenvalue weighted by molar-refractivity contribution is 6.00. The normalized spacial score (nSPS) is 13.5. The van der Waals surface area contributed by atoms with Crippen molar-refractivity contribution in [2.24, 2.45) is 11.0 Å². The van der Waals surface area contributed by atoms with Crippen LogP contribution >= 0.6 is 0 Å². The third kappa shape index (κ3) is 6.01. The lowest BCUT2D eigenvalue weighted by Crippen LogP contribution is -2.25. The first kappa shape index (κ1) is 18.0. The summed E-state index contributed by atoms with van der Waals surface area (Å²) in [6.07, 6.45) is 4.23. The SMILES string of the molecule is Cc1ccc(/C=C/C(=N/Nc2ccccc2)C(C)CN(C)C)cc1. The summed E-state index contributed by atoms with van der Waals surface area (Å²) in [6.45, 7) is 5.25. The van der Waals surface area contributed by atoms with Crippen LogP contribution in [-0.2, 0) is 0 Å². The lowest BCUT2D eigenvalue weighted by molar-refractivity contribution is 0.381. The average Bonchev–Trinajstić information content (AvgIpc) is 2.56. The molecule has 0 saturated carbocycles. The van der Waals surface area contributed by atoms with Crippen molar-refractivity contribution in [2.45, 2.75) is 13.8 Å². The molecule has 2 rings (SSSR count). The number of aryl methyl sites for hydroxylation is 1. The highest BCUT2D eigenvalue weighted by Crippen LogP contribution is 2.10. The molecule has 1 atom stereocenters. The van der Waals surface area contributed by atoms with Crippen molar-refractivity contribution in [1.82, 2.24) is 4.90 Å². The number of benzene rings is 2. The van der Waals surface area contributed by atoms with Crippen LogP contribution in [0.25, 0.3) is 6.08 Å². The Morgan fingerprint density at radius 1 is 1.08 bits per heavy atom. The van der Waals surface area contributed by atoms with E-state index in [0.29, 0.717) is 5.92 Å². The minimum Gasteiger partial charge on any atom is -0.309 e. The number of para-hydroxylation sites is 1. The van der Waals surface area contributed by atoms with E-state index in [1.165, 1.54) is 11.1 Å². The van der Waals surface area contributed by atoms with Gasteiger partial charge >= 0.3 is 0 Å². The molecular formula is C21H27N3. The van der Waals surface area contributed by atoms with E-state index in [1.807, 2.05) is 30.3 Å². The maximum Gasteiger partial charge on any atom is 0.0648 e. The summed E-state index contributed by atoms with van der Waals surface area (Å²) >= 11 is 0. The van der Waals surface area contributed by atoms with Crippen molar-refractivity contribution in [3.63, 3.8) is 0 Å². The van der Waals surface area contributed by atoms with Gasteiger partial charge in [-0.15, -0.1) is 0 Å². The fraction of sp³-hybridized carbons (Fsp3) is 0.286. The molecule has 1 N–H and O–H groups in total. The first-order valence-electron chi connectivity index (χ1n) is 8.32. The van der Waals surface area contributed by atoms with Gasteiger partial charge in [-0.1, -0.05) is 61.0 Å². The minimum atomic E-state index is 0.331. The highest BCUT2D eigenvalue weighted by Gasteiger charge is 2.09. The van der Waals surface area contributed by atoms with E-state index in [4.69, 9.17) is 0 Å². The fourth-order valence-corrected chi connectivity index (χ4v) is 2.45. The van der Waals surface area contributed by atoms with Crippen LogP contribution in [0.2, 0.25) is 0 Å². The number of anilines is 1. The van der Waals surface area contributed by atoms with Crippen molar-refractivity contribution in [3.05, 3.63) is 71.8 Å². The molecule has 2 aromatic rings. The summed E-state index contributed by atoms with van der Waals surface area (Å²) in [5.74, 6) is 0.331. The Morgan fingerprint density at radius 2 is 1.75 bits per heavy atom. The third-order valence-electron chi connectivity index (χ3n) is 3.76. The fourth-order valence-electron chi connectivity index (χ4n) is 2.45. The van der Waals surface area contributed by atoms with Crippen LogP contribution in [0.15, 0.2) is 65.8 Å². The maximum atomic E-state index is 4.63. The molecule has 3 nitrogen and oxygen atoms in total. The summed E-state index contributed by atoms with van der Waals surface area (Å²) in [5.41, 5.74) is 7.65. The summed E-state index contributed by atoms with van der Waals surface area (Å²) in [4.78, 5) is 2.18. The summed E-state index contributed by atoms with van der Waals surface area (Å²) in [5, 5.41) is 4.63. The van der Waals surface area contributed by atoms with Crippen molar-refractivity contribution < 1.29 is 0 Å². The zero-order valence-corrected chi connectivity index (χ0v) is 15.0. The number of nitrogens with one attached hydrogen (secondary N) is 1. The van der Waals surface area contributed by atoms with Gasteiger partial charge in [0.1, 0.15) is 0 Å². The molecule has 3 heteroatoms. The predicted molar refractivity (Wildman–Crippen MR) is 105 cm³/mol. The van der Waals surface area contributed by atoms with Crippen molar-refractivity contribution in [2.75, 3.05) is 26.1 Å². The molecule has 126 valence electrons. The van der Waals surface area contributed by atoms with Crippen molar-refractivity contribution in [3.8, 4) is 0 Å². The highest BCUT2D eigenvalue weighted by atomic mass is 15.3. The minimum absolute atomic E-state index is 0.331. The van der Waals surface area contributed by atoms with Gasteiger partial charge in [0.15, 0.2) is 0 Å². The van der Waals surface area contributed by atoms with Gasteiger partial charge in [-0.2, -0.15) is 5.10 Å². The van der Waals surface area contributed by atoms with Crippen LogP contribution in [0.1, 0.15) is 18.1 Å². The predicted octanol–water partition coefficient (Wildman–Crippen LogP) is 4.67. The van der Waals surface area contributed by atoms with E-state index in [1.54, 1.807) is 0 Å². The summed E-state index contributed by atoms with van der Waals surface area (Å²) < 4.78 is 0. The zero-order valence-electron chi connectivity index (χ0n) is 15.0. The Balaban J connectivity index is 2.16. The molecule has 0 aliphatic rings. The maximum absolute atomic E-state index is 4.63. The van der Waals surface area contributed by atoms with E-state index < -0.39 is 0 Å². The van der Waals surface area contributed by atoms with Gasteiger partial charge in [0.05, 0.1) is 11.4 Å². The Bertz CT molecular complexity index is 670. The zero-order chi connectivity index (χ0) is 17.4. The van der Waals surface area contributed by atoms with Gasteiger partial charge in [-0.05, 0) is 44.8 Å². The van der Waals surface area contributed by atoms with Crippen LogP contribution in [0, 0.1) is 12.8 Å². The van der Waals surface area contributed by atoms with Crippen LogP contribution in [0.5, 0.6) is 0 Å². The van der Waals surface area contributed by atoms with Gasteiger partial charge in [-0.25, -0.2) is 0 Å². The van der Waals surface area contributed by atoms with Crippen molar-refractivity contribution in [1.29, 1.82) is 0 Å². The molecule has 2 aromatic carbocycles. The molecule has 0 bridgehead atoms. The quantitative estimate of drug-likeness (QED) is 0.592. The van der Waals surface area contributed by atoms with E-state index in [9.17, 15) is 0 Å². The number of hydrogen-bond donors (Lipinski definition) is 1. The molecule has 0 amide bonds. The number of hydrogen-bond acceptors (Lipinski definition) is 3. The van der Waals surface area contributed by atoms with Crippen molar-refractivity contribution >= 4 is 17.5 Å². The second kappa shape index (κ2) is 9.04. The van der Waals surface area contributed by atoms with Crippen LogP contribution < -0.4 is 5.43 Å². The molecule has 24 heavy (non-hydrogen) atoms. The molecule has 0 heterocycles. The molecule has 0 fully saturated rings. The van der Waals surface area contributed by atoms with E-state index in [-0.39, 0.29) is 0 Å². The molecular weight excluding hydrogens is 294 g/mol. The Morgan fingerprint density at radius 3 is 2.38 bits per heavy atom. The monoisotopic (exact) mass is 321 g/mol.